The van der Waals surface area contributed by atoms with Crippen LogP contribution in [0, 0.1) is 0 Å². The fourth-order valence-electron chi connectivity index (χ4n) is 2.06. The fraction of sp³-hybridized carbons (Fsp3) is 0.385. The van der Waals surface area contributed by atoms with Gasteiger partial charge in [-0.05, 0) is 49.6 Å². The van der Waals surface area contributed by atoms with E-state index in [0.29, 0.717) is 0 Å². The predicted molar refractivity (Wildman–Crippen MR) is 70.7 cm³/mol. The summed E-state index contributed by atoms with van der Waals surface area (Å²) >= 11 is 3.52. The van der Waals surface area contributed by atoms with Gasteiger partial charge in [0.15, 0.2) is 0 Å². The van der Waals surface area contributed by atoms with E-state index in [2.05, 4.69) is 50.6 Å². The molecule has 1 saturated carbocycles. The van der Waals surface area contributed by atoms with E-state index in [4.69, 9.17) is 0 Å². The molecule has 0 aliphatic heterocycles. The predicted octanol–water partition coefficient (Wildman–Crippen LogP) is 3.22. The highest BCUT2D eigenvalue weighted by Gasteiger charge is 2.19. The minimum atomic E-state index is 0.803. The molecule has 2 N–H and O–H groups in total. The van der Waals surface area contributed by atoms with Crippen LogP contribution in [0.4, 0.5) is 0 Å². The van der Waals surface area contributed by atoms with Gasteiger partial charge in [0.1, 0.15) is 0 Å². The van der Waals surface area contributed by atoms with E-state index in [1.807, 2.05) is 0 Å². The van der Waals surface area contributed by atoms with Gasteiger partial charge in [-0.15, -0.1) is 0 Å². The highest BCUT2D eigenvalue weighted by Crippen LogP contribution is 2.23. The molecule has 1 aliphatic rings. The minimum Gasteiger partial charge on any atom is -0.361 e. The Labute approximate surface area is 104 Å². The second-order valence-corrected chi connectivity index (χ2v) is 5.40. The van der Waals surface area contributed by atoms with E-state index in [9.17, 15) is 0 Å². The van der Waals surface area contributed by atoms with Gasteiger partial charge < -0.3 is 10.3 Å². The van der Waals surface area contributed by atoms with Gasteiger partial charge in [0.2, 0.25) is 0 Å². The Morgan fingerprint density at radius 2 is 2.25 bits per heavy atom. The lowest BCUT2D eigenvalue weighted by atomic mass is 10.1. The number of rotatable bonds is 4. The largest absolute Gasteiger partial charge is 0.361 e. The third-order valence-electron chi connectivity index (χ3n) is 3.13. The van der Waals surface area contributed by atoms with Crippen LogP contribution >= 0.6 is 15.9 Å². The second-order valence-electron chi connectivity index (χ2n) is 4.48. The quantitative estimate of drug-likeness (QED) is 0.883. The van der Waals surface area contributed by atoms with Crippen LogP contribution in [0.5, 0.6) is 0 Å². The van der Waals surface area contributed by atoms with Crippen LogP contribution in [-0.2, 0) is 6.42 Å². The lowest BCUT2D eigenvalue weighted by Gasteiger charge is -2.01. The van der Waals surface area contributed by atoms with Gasteiger partial charge in [-0.2, -0.15) is 0 Å². The normalized spacial score (nSPS) is 15.8. The molecule has 3 rings (SSSR count). The van der Waals surface area contributed by atoms with E-state index in [1.165, 1.54) is 29.3 Å². The smallest absolute Gasteiger partial charge is 0.0457 e. The molecule has 84 valence electrons. The summed E-state index contributed by atoms with van der Waals surface area (Å²) in [4.78, 5) is 3.32. The van der Waals surface area contributed by atoms with Crippen molar-refractivity contribution in [2.75, 3.05) is 6.54 Å². The molecule has 0 bridgehead atoms. The van der Waals surface area contributed by atoms with Crippen molar-refractivity contribution in [2.24, 2.45) is 0 Å². The number of hydrogen-bond acceptors (Lipinski definition) is 1. The summed E-state index contributed by atoms with van der Waals surface area (Å²) in [5.41, 5.74) is 2.63. The minimum absolute atomic E-state index is 0.803. The lowest BCUT2D eigenvalue weighted by molar-refractivity contribution is 0.683. The molecule has 1 aliphatic carbocycles. The zero-order valence-electron chi connectivity index (χ0n) is 9.09. The van der Waals surface area contributed by atoms with Gasteiger partial charge in [-0.3, -0.25) is 0 Å². The standard InChI is InChI=1S/C13H15BrN2/c14-10-1-4-13-12(7-10)9(8-16-13)5-6-15-11-2-3-11/h1,4,7-8,11,15-16H,2-3,5-6H2. The first kappa shape index (κ1) is 10.4. The van der Waals surface area contributed by atoms with Crippen LogP contribution in [0.25, 0.3) is 10.9 Å². The van der Waals surface area contributed by atoms with Crippen molar-refractivity contribution in [3.63, 3.8) is 0 Å². The molecule has 3 heteroatoms. The van der Waals surface area contributed by atoms with Crippen molar-refractivity contribution in [1.29, 1.82) is 0 Å². The van der Waals surface area contributed by atoms with Crippen molar-refractivity contribution in [2.45, 2.75) is 25.3 Å². The zero-order chi connectivity index (χ0) is 11.0. The number of H-pyrrole nitrogens is 1. The Morgan fingerprint density at radius 3 is 3.06 bits per heavy atom. The van der Waals surface area contributed by atoms with E-state index < -0.39 is 0 Å². The summed E-state index contributed by atoms with van der Waals surface area (Å²) in [5.74, 6) is 0. The molecule has 0 amide bonds. The Balaban J connectivity index is 1.76. The number of aromatic amines is 1. The molecule has 0 atom stereocenters. The molecule has 0 radical (unpaired) electrons. The van der Waals surface area contributed by atoms with E-state index in [-0.39, 0.29) is 0 Å². The topological polar surface area (TPSA) is 27.8 Å². The van der Waals surface area contributed by atoms with Crippen LogP contribution in [0.1, 0.15) is 18.4 Å². The maximum Gasteiger partial charge on any atom is 0.0457 e. The lowest BCUT2D eigenvalue weighted by Crippen LogP contribution is -2.19. The number of hydrogen-bond donors (Lipinski definition) is 2. The van der Waals surface area contributed by atoms with Crippen molar-refractivity contribution >= 4 is 26.8 Å². The van der Waals surface area contributed by atoms with Crippen molar-refractivity contribution < 1.29 is 0 Å². The average Bonchev–Trinajstić information content (AvgIpc) is 3.01. The fourth-order valence-corrected chi connectivity index (χ4v) is 2.42. The number of fused-ring (bicyclic) bond motifs is 1. The molecule has 0 spiro atoms. The third kappa shape index (κ3) is 2.15. The highest BCUT2D eigenvalue weighted by atomic mass is 79.9. The molecular formula is C13H15BrN2. The number of aromatic nitrogens is 1. The van der Waals surface area contributed by atoms with Crippen molar-refractivity contribution in [3.8, 4) is 0 Å². The molecule has 0 saturated heterocycles. The molecule has 0 unspecified atom stereocenters. The number of halogens is 1. The van der Waals surface area contributed by atoms with Gasteiger partial charge in [0.25, 0.3) is 0 Å². The summed E-state index contributed by atoms with van der Waals surface area (Å²) in [6, 6.07) is 7.19. The van der Waals surface area contributed by atoms with Crippen LogP contribution in [-0.4, -0.2) is 17.6 Å². The van der Waals surface area contributed by atoms with Crippen molar-refractivity contribution in [3.05, 3.63) is 34.4 Å². The van der Waals surface area contributed by atoms with E-state index in [0.717, 1.165) is 23.5 Å². The van der Waals surface area contributed by atoms with Crippen molar-refractivity contribution in [1.82, 2.24) is 10.3 Å². The monoisotopic (exact) mass is 278 g/mol. The third-order valence-corrected chi connectivity index (χ3v) is 3.63. The molecule has 16 heavy (non-hydrogen) atoms. The first-order valence-electron chi connectivity index (χ1n) is 5.82. The molecule has 2 nitrogen and oxygen atoms in total. The van der Waals surface area contributed by atoms with Crippen LogP contribution in [0.2, 0.25) is 0 Å². The first-order chi connectivity index (χ1) is 7.83. The van der Waals surface area contributed by atoms with E-state index >= 15 is 0 Å². The number of benzene rings is 1. The molecular weight excluding hydrogens is 264 g/mol. The Bertz CT molecular complexity index is 500. The highest BCUT2D eigenvalue weighted by molar-refractivity contribution is 9.10. The molecule has 2 aromatic rings. The van der Waals surface area contributed by atoms with Crippen LogP contribution < -0.4 is 5.32 Å². The van der Waals surface area contributed by atoms with Gasteiger partial charge in [-0.1, -0.05) is 15.9 Å². The SMILES string of the molecule is Brc1ccc2[nH]cc(CCNC3CC3)c2c1. The Kier molecular flexibility index (Phi) is 2.74. The molecule has 1 aromatic carbocycles. The van der Waals surface area contributed by atoms with Crippen LogP contribution in [0.3, 0.4) is 0 Å². The zero-order valence-corrected chi connectivity index (χ0v) is 10.7. The molecule has 1 aromatic heterocycles. The summed E-state index contributed by atoms with van der Waals surface area (Å²) < 4.78 is 1.15. The Morgan fingerprint density at radius 1 is 1.38 bits per heavy atom. The maximum atomic E-state index is 3.55. The average molecular weight is 279 g/mol. The summed E-state index contributed by atoms with van der Waals surface area (Å²) in [7, 11) is 0. The van der Waals surface area contributed by atoms with Gasteiger partial charge in [0.05, 0.1) is 0 Å². The first-order valence-corrected chi connectivity index (χ1v) is 6.61. The van der Waals surface area contributed by atoms with Gasteiger partial charge in [-0.25, -0.2) is 0 Å². The Hall–Kier alpha value is -0.800. The summed E-state index contributed by atoms with van der Waals surface area (Å²) in [5, 5.41) is 4.89. The number of nitrogens with one attached hydrogen (secondary N) is 2. The van der Waals surface area contributed by atoms with Gasteiger partial charge in [0, 0.05) is 27.6 Å². The summed E-state index contributed by atoms with van der Waals surface area (Å²) in [6.45, 7) is 1.09. The maximum absolute atomic E-state index is 3.55. The van der Waals surface area contributed by atoms with Crippen LogP contribution in [0.15, 0.2) is 28.9 Å². The second kappa shape index (κ2) is 4.22. The molecule has 1 fully saturated rings. The summed E-state index contributed by atoms with van der Waals surface area (Å²) in [6.07, 6.45) is 5.96. The van der Waals surface area contributed by atoms with Gasteiger partial charge >= 0.3 is 0 Å². The molecule has 1 heterocycles. The van der Waals surface area contributed by atoms with E-state index in [1.54, 1.807) is 0 Å².